The van der Waals surface area contributed by atoms with Gasteiger partial charge in [-0.05, 0) is 12.8 Å². The van der Waals surface area contributed by atoms with Gasteiger partial charge in [0.15, 0.2) is 11.5 Å². The minimum absolute atomic E-state index is 0.0691. The zero-order valence-corrected chi connectivity index (χ0v) is 10.2. The smallest absolute Gasteiger partial charge is 0.358 e. The fraction of sp³-hybridized carbons (Fsp3) is 0.667. The van der Waals surface area contributed by atoms with Crippen LogP contribution in [0.4, 0.5) is 0 Å². The first kappa shape index (κ1) is 13.0. The molecule has 2 N–H and O–H groups in total. The summed E-state index contributed by atoms with van der Waals surface area (Å²) in [6, 6.07) is 1.90. The molecule has 0 saturated heterocycles. The largest absolute Gasteiger partial charge is 0.476 e. The minimum Gasteiger partial charge on any atom is -0.476 e. The quantitative estimate of drug-likeness (QED) is 0.790. The summed E-state index contributed by atoms with van der Waals surface area (Å²) in [5, 5.41) is 21.3. The number of carbonyl (C=O) groups is 1. The third-order valence-corrected chi connectivity index (χ3v) is 3.37. The van der Waals surface area contributed by atoms with E-state index in [9.17, 15) is 4.79 Å². The lowest BCUT2D eigenvalue weighted by Gasteiger charge is -2.26. The van der Waals surface area contributed by atoms with Gasteiger partial charge in [0.2, 0.25) is 0 Å². The molecule has 0 atom stereocenters. The molecule has 1 aromatic heterocycles. The van der Waals surface area contributed by atoms with E-state index in [4.69, 9.17) is 14.7 Å². The van der Waals surface area contributed by atoms with Gasteiger partial charge in [-0.25, -0.2) is 4.79 Å². The van der Waals surface area contributed by atoms with Crippen molar-refractivity contribution in [3.8, 4) is 0 Å². The van der Waals surface area contributed by atoms with Crippen molar-refractivity contribution in [2.24, 2.45) is 0 Å². The molecule has 0 aliphatic heterocycles. The fourth-order valence-electron chi connectivity index (χ4n) is 2.48. The van der Waals surface area contributed by atoms with Crippen LogP contribution in [0.1, 0.15) is 41.9 Å². The number of aromatic nitrogens is 1. The molecule has 0 spiro atoms. The molecule has 1 heterocycles. The second-order valence-corrected chi connectivity index (χ2v) is 4.62. The van der Waals surface area contributed by atoms with Crippen molar-refractivity contribution in [2.45, 2.75) is 38.3 Å². The van der Waals surface area contributed by atoms with Crippen molar-refractivity contribution in [3.05, 3.63) is 17.5 Å². The zero-order chi connectivity index (χ0) is 13.0. The van der Waals surface area contributed by atoms with Gasteiger partial charge in [0.1, 0.15) is 0 Å². The van der Waals surface area contributed by atoms with Crippen LogP contribution in [0, 0.1) is 0 Å². The van der Waals surface area contributed by atoms with E-state index in [2.05, 4.69) is 10.1 Å². The Hall–Kier alpha value is -1.40. The second-order valence-electron chi connectivity index (χ2n) is 4.62. The third kappa shape index (κ3) is 3.08. The number of carboxylic acids is 1. The molecule has 0 amide bonds. The maximum Gasteiger partial charge on any atom is 0.358 e. The molecule has 100 valence electrons. The Morgan fingerprint density at radius 3 is 2.78 bits per heavy atom. The van der Waals surface area contributed by atoms with Gasteiger partial charge in [-0.3, -0.25) is 4.90 Å². The molecule has 0 radical (unpaired) electrons. The van der Waals surface area contributed by atoms with Crippen LogP contribution in [-0.4, -0.2) is 45.4 Å². The third-order valence-electron chi connectivity index (χ3n) is 3.37. The van der Waals surface area contributed by atoms with Gasteiger partial charge in [0.25, 0.3) is 0 Å². The van der Waals surface area contributed by atoms with Gasteiger partial charge in [-0.2, -0.15) is 0 Å². The molecular formula is C12H18N2O4. The van der Waals surface area contributed by atoms with E-state index >= 15 is 0 Å². The van der Waals surface area contributed by atoms with Crippen LogP contribution >= 0.6 is 0 Å². The number of carboxylic acid groups (broad SMARTS) is 1. The molecule has 1 saturated carbocycles. The Morgan fingerprint density at radius 2 is 2.22 bits per heavy atom. The summed E-state index contributed by atoms with van der Waals surface area (Å²) < 4.78 is 5.01. The average Bonchev–Trinajstić information content (AvgIpc) is 2.99. The topological polar surface area (TPSA) is 86.8 Å². The van der Waals surface area contributed by atoms with Crippen molar-refractivity contribution in [3.63, 3.8) is 0 Å². The summed E-state index contributed by atoms with van der Waals surface area (Å²) in [5.41, 5.74) is -0.0691. The SMILES string of the molecule is O=C(O)c1cc(CN(CCO)C2CCCC2)on1. The minimum atomic E-state index is -1.08. The molecule has 18 heavy (non-hydrogen) atoms. The lowest BCUT2D eigenvalue weighted by Crippen LogP contribution is -2.34. The van der Waals surface area contributed by atoms with E-state index in [1.165, 1.54) is 18.9 Å². The molecule has 6 nitrogen and oxygen atoms in total. The lowest BCUT2D eigenvalue weighted by molar-refractivity contribution is 0.0685. The summed E-state index contributed by atoms with van der Waals surface area (Å²) >= 11 is 0. The summed E-state index contributed by atoms with van der Waals surface area (Å²) in [5.74, 6) is -0.549. The van der Waals surface area contributed by atoms with Gasteiger partial charge in [-0.15, -0.1) is 0 Å². The number of aromatic carboxylic acids is 1. The zero-order valence-electron chi connectivity index (χ0n) is 10.2. The molecule has 0 aromatic carbocycles. The van der Waals surface area contributed by atoms with Crippen LogP contribution in [0.3, 0.4) is 0 Å². The summed E-state index contributed by atoms with van der Waals surface area (Å²) in [7, 11) is 0. The molecule has 2 rings (SSSR count). The predicted molar refractivity (Wildman–Crippen MR) is 63.2 cm³/mol. The molecule has 0 unspecified atom stereocenters. The average molecular weight is 254 g/mol. The first-order valence-corrected chi connectivity index (χ1v) is 6.24. The number of aliphatic hydroxyl groups is 1. The Labute approximate surface area is 105 Å². The summed E-state index contributed by atoms with van der Waals surface area (Å²) in [6.45, 7) is 1.18. The maximum absolute atomic E-state index is 10.7. The Bertz CT molecular complexity index is 399. The van der Waals surface area contributed by atoms with Crippen molar-refractivity contribution in [1.82, 2.24) is 10.1 Å². The lowest BCUT2D eigenvalue weighted by atomic mass is 10.2. The highest BCUT2D eigenvalue weighted by molar-refractivity contribution is 5.85. The Kier molecular flexibility index (Phi) is 4.33. The second kappa shape index (κ2) is 5.97. The van der Waals surface area contributed by atoms with E-state index in [1.807, 2.05) is 0 Å². The van der Waals surface area contributed by atoms with Gasteiger partial charge in [0, 0.05) is 18.7 Å². The van der Waals surface area contributed by atoms with Crippen molar-refractivity contribution in [1.29, 1.82) is 0 Å². The highest BCUT2D eigenvalue weighted by atomic mass is 16.5. The molecule has 1 fully saturated rings. The van der Waals surface area contributed by atoms with Gasteiger partial charge < -0.3 is 14.7 Å². The van der Waals surface area contributed by atoms with E-state index in [-0.39, 0.29) is 12.3 Å². The van der Waals surface area contributed by atoms with Crippen LogP contribution in [0.5, 0.6) is 0 Å². The highest BCUT2D eigenvalue weighted by Crippen LogP contribution is 2.24. The molecular weight excluding hydrogens is 236 g/mol. The molecule has 1 aromatic rings. The van der Waals surface area contributed by atoms with Gasteiger partial charge in [-0.1, -0.05) is 18.0 Å². The van der Waals surface area contributed by atoms with Crippen molar-refractivity contribution < 1.29 is 19.5 Å². The first-order chi connectivity index (χ1) is 8.70. The fourth-order valence-corrected chi connectivity index (χ4v) is 2.48. The summed E-state index contributed by atoms with van der Waals surface area (Å²) in [6.07, 6.45) is 4.67. The van der Waals surface area contributed by atoms with E-state index < -0.39 is 5.97 Å². The molecule has 6 heteroatoms. The molecule has 1 aliphatic carbocycles. The number of hydrogen-bond donors (Lipinski definition) is 2. The van der Waals surface area contributed by atoms with Crippen LogP contribution in [0.2, 0.25) is 0 Å². The number of nitrogens with zero attached hydrogens (tertiary/aromatic N) is 2. The monoisotopic (exact) mass is 254 g/mol. The Morgan fingerprint density at radius 1 is 1.50 bits per heavy atom. The van der Waals surface area contributed by atoms with E-state index in [0.29, 0.717) is 24.9 Å². The van der Waals surface area contributed by atoms with Crippen LogP contribution < -0.4 is 0 Å². The molecule has 0 bridgehead atoms. The first-order valence-electron chi connectivity index (χ1n) is 6.24. The number of hydrogen-bond acceptors (Lipinski definition) is 5. The Balaban J connectivity index is 2.00. The van der Waals surface area contributed by atoms with Crippen LogP contribution in [-0.2, 0) is 6.54 Å². The van der Waals surface area contributed by atoms with E-state index in [1.54, 1.807) is 0 Å². The maximum atomic E-state index is 10.7. The van der Waals surface area contributed by atoms with Crippen molar-refractivity contribution in [2.75, 3.05) is 13.2 Å². The standard InChI is InChI=1S/C12H18N2O4/c15-6-5-14(9-3-1-2-4-9)8-10-7-11(12(16)17)13-18-10/h7,9,15H,1-6,8H2,(H,16,17). The van der Waals surface area contributed by atoms with Crippen LogP contribution in [0.25, 0.3) is 0 Å². The van der Waals surface area contributed by atoms with E-state index in [0.717, 1.165) is 12.8 Å². The molecule has 1 aliphatic rings. The number of rotatable bonds is 6. The normalized spacial score (nSPS) is 16.6. The predicted octanol–water partition coefficient (Wildman–Crippen LogP) is 1.11. The van der Waals surface area contributed by atoms with Gasteiger partial charge >= 0.3 is 5.97 Å². The highest BCUT2D eigenvalue weighted by Gasteiger charge is 2.23. The van der Waals surface area contributed by atoms with Crippen LogP contribution in [0.15, 0.2) is 10.6 Å². The van der Waals surface area contributed by atoms with Crippen molar-refractivity contribution >= 4 is 5.97 Å². The van der Waals surface area contributed by atoms with Gasteiger partial charge in [0.05, 0.1) is 13.2 Å². The summed E-state index contributed by atoms with van der Waals surface area (Å²) in [4.78, 5) is 12.8. The number of aliphatic hydroxyl groups excluding tert-OH is 1.